The highest BCUT2D eigenvalue weighted by atomic mass is 19.4. The molecule has 0 aromatic rings. The minimum atomic E-state index is -5.09. The number of ether oxygens (including phenoxy) is 1. The minimum Gasteiger partial charge on any atom is -0.469 e. The van der Waals surface area contributed by atoms with Gasteiger partial charge < -0.3 is 9.84 Å². The maximum Gasteiger partial charge on any atom is 0.421 e. The average molecular weight is 245 g/mol. The smallest absolute Gasteiger partial charge is 0.421 e. The van der Waals surface area contributed by atoms with Crippen molar-refractivity contribution in [3.63, 3.8) is 0 Å². The van der Waals surface area contributed by atoms with Gasteiger partial charge in [-0.3, -0.25) is 14.9 Å². The fourth-order valence-electron chi connectivity index (χ4n) is 0.965. The van der Waals surface area contributed by atoms with Gasteiger partial charge in [0, 0.05) is 11.3 Å². The van der Waals surface area contributed by atoms with Crippen LogP contribution >= 0.6 is 0 Å². The van der Waals surface area contributed by atoms with E-state index in [2.05, 4.69) is 4.74 Å². The summed E-state index contributed by atoms with van der Waals surface area (Å²) >= 11 is 0. The van der Waals surface area contributed by atoms with Crippen LogP contribution in [0.15, 0.2) is 0 Å². The first kappa shape index (κ1) is 14.6. The predicted octanol–water partition coefficient (Wildman–Crippen LogP) is 0.508. The molecule has 0 saturated carbocycles. The molecule has 9 heteroatoms. The molecule has 0 rings (SSSR count). The second-order valence-electron chi connectivity index (χ2n) is 2.95. The summed E-state index contributed by atoms with van der Waals surface area (Å²) < 4.78 is 40.1. The predicted molar refractivity (Wildman–Crippen MR) is 44.1 cm³/mol. The highest BCUT2D eigenvalue weighted by Gasteiger charge is 2.49. The SMILES string of the molecule is COC(=O)CCC(C(O)C(F)(F)F)[N+](=O)[O-]. The van der Waals surface area contributed by atoms with Crippen LogP contribution in [0.1, 0.15) is 12.8 Å². The molecule has 0 spiro atoms. The van der Waals surface area contributed by atoms with Gasteiger partial charge in [-0.1, -0.05) is 0 Å². The standard InChI is InChI=1S/C7H10F3NO5/c1-16-5(12)3-2-4(11(14)15)6(13)7(8,9)10/h4,6,13H,2-3H2,1H3. The lowest BCUT2D eigenvalue weighted by atomic mass is 10.1. The fraction of sp³-hybridized carbons (Fsp3) is 0.857. The molecular formula is C7H10F3NO5. The molecule has 0 aromatic carbocycles. The quantitative estimate of drug-likeness (QED) is 0.433. The minimum absolute atomic E-state index is 0.560. The first-order valence-corrected chi connectivity index (χ1v) is 4.15. The lowest BCUT2D eigenvalue weighted by Crippen LogP contribution is -2.44. The van der Waals surface area contributed by atoms with Gasteiger partial charge >= 0.3 is 12.1 Å². The summed E-state index contributed by atoms with van der Waals surface area (Å²) in [6.45, 7) is 0. The zero-order valence-electron chi connectivity index (χ0n) is 8.23. The van der Waals surface area contributed by atoms with E-state index in [-0.39, 0.29) is 0 Å². The zero-order chi connectivity index (χ0) is 12.9. The number of hydrogen-bond donors (Lipinski definition) is 1. The number of halogens is 3. The first-order chi connectivity index (χ1) is 7.20. The Balaban J connectivity index is 4.51. The van der Waals surface area contributed by atoms with Crippen LogP contribution in [0, 0.1) is 10.1 Å². The number of nitrogens with zero attached hydrogens (tertiary/aromatic N) is 1. The molecule has 16 heavy (non-hydrogen) atoms. The van der Waals surface area contributed by atoms with Gasteiger partial charge in [-0.05, 0) is 0 Å². The number of carbonyl (C=O) groups excluding carboxylic acids is 1. The van der Waals surface area contributed by atoms with Crippen LogP contribution in [0.3, 0.4) is 0 Å². The van der Waals surface area contributed by atoms with E-state index in [1.807, 2.05) is 0 Å². The normalized spacial score (nSPS) is 15.3. The molecular weight excluding hydrogens is 235 g/mol. The van der Waals surface area contributed by atoms with Crippen molar-refractivity contribution in [1.29, 1.82) is 0 Å². The lowest BCUT2D eigenvalue weighted by molar-refractivity contribution is -0.545. The van der Waals surface area contributed by atoms with Gasteiger partial charge in [0.2, 0.25) is 12.1 Å². The number of aliphatic hydroxyl groups is 1. The second-order valence-corrected chi connectivity index (χ2v) is 2.95. The van der Waals surface area contributed by atoms with Crippen molar-refractivity contribution >= 4 is 5.97 Å². The molecule has 6 nitrogen and oxygen atoms in total. The maximum atomic E-state index is 12.0. The van der Waals surface area contributed by atoms with Crippen molar-refractivity contribution in [2.75, 3.05) is 7.11 Å². The molecule has 1 N–H and O–H groups in total. The largest absolute Gasteiger partial charge is 0.469 e. The summed E-state index contributed by atoms with van der Waals surface area (Å²) in [6.07, 6.45) is -9.48. The average Bonchev–Trinajstić information content (AvgIpc) is 2.15. The molecule has 2 unspecified atom stereocenters. The van der Waals surface area contributed by atoms with Crippen LogP contribution in [0.2, 0.25) is 0 Å². The van der Waals surface area contributed by atoms with Crippen LogP contribution in [0.25, 0.3) is 0 Å². The topological polar surface area (TPSA) is 89.7 Å². The molecule has 0 aliphatic carbocycles. The van der Waals surface area contributed by atoms with Crippen molar-refractivity contribution in [3.8, 4) is 0 Å². The molecule has 0 aliphatic rings. The summed E-state index contributed by atoms with van der Waals surface area (Å²) in [5, 5.41) is 19.0. The third kappa shape index (κ3) is 4.43. The monoisotopic (exact) mass is 245 g/mol. The van der Waals surface area contributed by atoms with Crippen LogP contribution < -0.4 is 0 Å². The molecule has 0 saturated heterocycles. The van der Waals surface area contributed by atoms with Crippen molar-refractivity contribution in [2.45, 2.75) is 31.2 Å². The highest BCUT2D eigenvalue weighted by molar-refractivity contribution is 5.69. The van der Waals surface area contributed by atoms with Crippen LogP contribution in [-0.4, -0.2) is 41.4 Å². The van der Waals surface area contributed by atoms with Crippen molar-refractivity contribution in [2.24, 2.45) is 0 Å². The summed E-state index contributed by atoms with van der Waals surface area (Å²) in [7, 11) is 1.00. The lowest BCUT2D eigenvalue weighted by Gasteiger charge is -2.17. The molecule has 0 heterocycles. The highest BCUT2D eigenvalue weighted by Crippen LogP contribution is 2.25. The Morgan fingerprint density at radius 2 is 2.06 bits per heavy atom. The molecule has 0 aromatic heterocycles. The van der Waals surface area contributed by atoms with Gasteiger partial charge in [-0.2, -0.15) is 13.2 Å². The molecule has 94 valence electrons. The Labute approximate surface area is 88.1 Å². The van der Waals surface area contributed by atoms with Gasteiger partial charge in [0.15, 0.2) is 0 Å². The van der Waals surface area contributed by atoms with Gasteiger partial charge in [-0.15, -0.1) is 0 Å². The maximum absolute atomic E-state index is 12.0. The van der Waals surface area contributed by atoms with Gasteiger partial charge in [0.1, 0.15) is 0 Å². The molecule has 0 amide bonds. The number of rotatable bonds is 5. The molecule has 0 aliphatic heterocycles. The zero-order valence-corrected chi connectivity index (χ0v) is 8.23. The van der Waals surface area contributed by atoms with Crippen molar-refractivity contribution in [1.82, 2.24) is 0 Å². The van der Waals surface area contributed by atoms with Gasteiger partial charge in [0.05, 0.1) is 13.5 Å². The number of methoxy groups -OCH3 is 1. The van der Waals surface area contributed by atoms with E-state index >= 15 is 0 Å². The summed E-state index contributed by atoms with van der Waals surface area (Å²) in [5.41, 5.74) is 0. The van der Waals surface area contributed by atoms with E-state index < -0.39 is 42.1 Å². The molecule has 0 radical (unpaired) electrons. The third-order valence-corrected chi connectivity index (χ3v) is 1.84. The second kappa shape index (κ2) is 5.64. The Bertz CT molecular complexity index is 267. The number of carbonyl (C=O) groups is 1. The van der Waals surface area contributed by atoms with Crippen LogP contribution in [0.5, 0.6) is 0 Å². The Kier molecular flexibility index (Phi) is 5.15. The number of esters is 1. The van der Waals surface area contributed by atoms with E-state index in [9.17, 15) is 28.1 Å². The third-order valence-electron chi connectivity index (χ3n) is 1.84. The van der Waals surface area contributed by atoms with E-state index in [4.69, 9.17) is 5.11 Å². The number of aliphatic hydroxyl groups excluding tert-OH is 1. The van der Waals surface area contributed by atoms with Crippen molar-refractivity contribution in [3.05, 3.63) is 10.1 Å². The van der Waals surface area contributed by atoms with E-state index in [0.29, 0.717) is 0 Å². The van der Waals surface area contributed by atoms with E-state index in [1.165, 1.54) is 0 Å². The van der Waals surface area contributed by atoms with Crippen LogP contribution in [-0.2, 0) is 9.53 Å². The number of hydrogen-bond acceptors (Lipinski definition) is 5. The first-order valence-electron chi connectivity index (χ1n) is 4.15. The molecule has 0 fully saturated rings. The van der Waals surface area contributed by atoms with Gasteiger partial charge in [0.25, 0.3) is 0 Å². The summed E-state index contributed by atoms with van der Waals surface area (Å²) in [6, 6.07) is -2.26. The van der Waals surface area contributed by atoms with E-state index in [0.717, 1.165) is 7.11 Å². The number of nitro groups is 1. The Hall–Kier alpha value is -1.38. The van der Waals surface area contributed by atoms with Gasteiger partial charge in [-0.25, -0.2) is 0 Å². The number of alkyl halides is 3. The van der Waals surface area contributed by atoms with E-state index in [1.54, 1.807) is 0 Å². The Morgan fingerprint density at radius 1 is 1.56 bits per heavy atom. The summed E-state index contributed by atoms with van der Waals surface area (Å²) in [5.74, 6) is -0.874. The van der Waals surface area contributed by atoms with Crippen molar-refractivity contribution < 1.29 is 32.7 Å². The fourth-order valence-corrected chi connectivity index (χ4v) is 0.965. The van der Waals surface area contributed by atoms with Crippen LogP contribution in [0.4, 0.5) is 13.2 Å². The molecule has 2 atom stereocenters. The summed E-state index contributed by atoms with van der Waals surface area (Å²) in [4.78, 5) is 19.6. The molecule has 0 bridgehead atoms. The Morgan fingerprint density at radius 3 is 2.38 bits per heavy atom.